The number of halogens is 1. The number of ether oxygens (including phenoxy) is 1. The second kappa shape index (κ2) is 8.44. The second-order valence-electron chi connectivity index (χ2n) is 8.73. The molecule has 3 aliphatic rings. The number of alkyl halides is 1. The molecule has 5 heterocycles. The van der Waals surface area contributed by atoms with Gasteiger partial charge < -0.3 is 19.6 Å². The van der Waals surface area contributed by atoms with Gasteiger partial charge in [-0.15, -0.1) is 0 Å². The molecule has 0 saturated carbocycles. The monoisotopic (exact) mass is 466 g/mol. The van der Waals surface area contributed by atoms with Gasteiger partial charge in [0.05, 0.1) is 31.9 Å². The number of pyridine rings is 2. The van der Waals surface area contributed by atoms with E-state index in [9.17, 15) is 20.0 Å². The maximum Gasteiger partial charge on any atom is 0.407 e. The van der Waals surface area contributed by atoms with Gasteiger partial charge in [-0.1, -0.05) is 6.07 Å². The highest BCUT2D eigenvalue weighted by Crippen LogP contribution is 2.34. The van der Waals surface area contributed by atoms with Crippen LogP contribution in [-0.2, 0) is 24.4 Å². The van der Waals surface area contributed by atoms with Crippen LogP contribution in [0.2, 0.25) is 0 Å². The molecule has 0 atom stereocenters. The van der Waals surface area contributed by atoms with Gasteiger partial charge in [-0.3, -0.25) is 14.7 Å². The molecule has 0 aliphatic carbocycles. The number of hydrogen-bond acceptors (Lipinski definition) is 7. The van der Waals surface area contributed by atoms with E-state index in [1.807, 2.05) is 23.1 Å². The Bertz CT molecular complexity index is 1190. The van der Waals surface area contributed by atoms with Crippen LogP contribution in [0.25, 0.3) is 0 Å². The molecule has 11 heteroatoms. The van der Waals surface area contributed by atoms with Gasteiger partial charge in [-0.25, -0.2) is 14.2 Å². The smallest absolute Gasteiger partial charge is 0.407 e. The second-order valence-corrected chi connectivity index (χ2v) is 8.73. The predicted molar refractivity (Wildman–Crippen MR) is 117 cm³/mol. The number of nitrogens with zero attached hydrogens (tertiary/aromatic N) is 6. The summed E-state index contributed by atoms with van der Waals surface area (Å²) in [6.07, 6.45) is 2.01. The third kappa shape index (κ3) is 3.85. The van der Waals surface area contributed by atoms with Gasteiger partial charge in [-0.05, 0) is 11.6 Å². The molecule has 1 fully saturated rings. The molecule has 0 unspecified atom stereocenters. The summed E-state index contributed by atoms with van der Waals surface area (Å²) in [5.41, 5.74) is 0.461. The summed E-state index contributed by atoms with van der Waals surface area (Å²) in [5, 5.41) is 18.5. The fraction of sp³-hybridized carbons (Fsp3) is 0.435. The Morgan fingerprint density at radius 1 is 1.09 bits per heavy atom. The van der Waals surface area contributed by atoms with Gasteiger partial charge >= 0.3 is 6.09 Å². The maximum atomic E-state index is 15.8. The minimum Gasteiger partial charge on any atom is -0.490 e. The Labute approximate surface area is 195 Å². The Balaban J connectivity index is 1.26. The number of carbonyl (C=O) groups is 2. The zero-order valence-corrected chi connectivity index (χ0v) is 18.4. The fourth-order valence-electron chi connectivity index (χ4n) is 4.71. The highest BCUT2D eigenvalue weighted by molar-refractivity contribution is 5.85. The molecule has 34 heavy (non-hydrogen) atoms. The van der Waals surface area contributed by atoms with Crippen LogP contribution in [0.3, 0.4) is 0 Å². The summed E-state index contributed by atoms with van der Waals surface area (Å²) in [6, 6.07) is 5.72. The van der Waals surface area contributed by atoms with Crippen LogP contribution in [0.1, 0.15) is 35.2 Å². The number of anilines is 1. The quantitative estimate of drug-likeness (QED) is 0.714. The average molecular weight is 466 g/mol. The minimum atomic E-state index is -2.00. The number of piperidine rings is 1. The summed E-state index contributed by atoms with van der Waals surface area (Å²) < 4.78 is 21.5. The van der Waals surface area contributed by atoms with E-state index >= 15 is 4.39 Å². The molecule has 0 radical (unpaired) electrons. The van der Waals surface area contributed by atoms with Gasteiger partial charge in [0.15, 0.2) is 5.67 Å². The predicted octanol–water partition coefficient (Wildman–Crippen LogP) is 2.07. The number of nitriles is 1. The standard InChI is InChI=1S/C23H23FN6O4/c24-23(21(31)29-7-8-34-20-16(9-25)10-26-11-17(20)13-29)3-5-28(6-4-23)19-2-1-15-12-30(22(32)33)14-18(15)27-19/h1-2,10-11H,3-8,12-14H2,(H,32,33). The van der Waals surface area contributed by atoms with Crippen molar-refractivity contribution in [2.24, 2.45) is 0 Å². The zero-order chi connectivity index (χ0) is 23.9. The Hall–Kier alpha value is -3.94. The van der Waals surface area contributed by atoms with E-state index in [-0.39, 0.29) is 39.1 Å². The largest absolute Gasteiger partial charge is 0.490 e. The molecule has 0 bridgehead atoms. The molecule has 2 aromatic rings. The van der Waals surface area contributed by atoms with Crippen molar-refractivity contribution < 1.29 is 23.8 Å². The Kier molecular flexibility index (Phi) is 5.43. The van der Waals surface area contributed by atoms with E-state index in [1.54, 1.807) is 6.20 Å². The third-order valence-corrected chi connectivity index (χ3v) is 6.64. The van der Waals surface area contributed by atoms with Crippen molar-refractivity contribution in [2.45, 2.75) is 38.1 Å². The van der Waals surface area contributed by atoms with Crippen LogP contribution in [0, 0.1) is 11.3 Å². The maximum absolute atomic E-state index is 15.8. The first-order chi connectivity index (χ1) is 16.4. The first-order valence-corrected chi connectivity index (χ1v) is 11.1. The summed E-state index contributed by atoms with van der Waals surface area (Å²) in [6.45, 7) is 1.72. The topological polar surface area (TPSA) is 123 Å². The molecule has 2 amide bonds. The molecule has 1 N–H and O–H groups in total. The van der Waals surface area contributed by atoms with E-state index in [1.165, 1.54) is 16.0 Å². The van der Waals surface area contributed by atoms with E-state index in [0.29, 0.717) is 48.0 Å². The van der Waals surface area contributed by atoms with Crippen LogP contribution < -0.4 is 9.64 Å². The van der Waals surface area contributed by atoms with Crippen LogP contribution >= 0.6 is 0 Å². The van der Waals surface area contributed by atoms with Crippen LogP contribution in [-0.4, -0.2) is 68.8 Å². The fourth-order valence-corrected chi connectivity index (χ4v) is 4.71. The lowest BCUT2D eigenvalue weighted by atomic mass is 9.91. The molecule has 176 valence electrons. The molecule has 10 nitrogen and oxygen atoms in total. The Morgan fingerprint density at radius 2 is 1.85 bits per heavy atom. The lowest BCUT2D eigenvalue weighted by Gasteiger charge is -2.38. The SMILES string of the molecule is N#Cc1cncc2c1OCCN(C(=O)C1(F)CCN(c3ccc4c(n3)CN(C(=O)O)C4)CC1)C2. The normalized spacial score (nSPS) is 18.9. The lowest BCUT2D eigenvalue weighted by Crippen LogP contribution is -2.52. The highest BCUT2D eigenvalue weighted by Gasteiger charge is 2.45. The summed E-state index contributed by atoms with van der Waals surface area (Å²) in [5.74, 6) is 0.484. The number of aromatic nitrogens is 2. The van der Waals surface area contributed by atoms with Crippen molar-refractivity contribution in [1.82, 2.24) is 19.8 Å². The van der Waals surface area contributed by atoms with Gasteiger partial charge in [0.25, 0.3) is 5.91 Å². The van der Waals surface area contributed by atoms with Gasteiger partial charge in [0.1, 0.15) is 29.8 Å². The number of carboxylic acid groups (broad SMARTS) is 1. The van der Waals surface area contributed by atoms with Gasteiger partial charge in [0, 0.05) is 43.9 Å². The van der Waals surface area contributed by atoms with Crippen molar-refractivity contribution in [3.8, 4) is 11.8 Å². The number of hydrogen-bond donors (Lipinski definition) is 1. The summed E-state index contributed by atoms with van der Waals surface area (Å²) in [4.78, 5) is 37.7. The highest BCUT2D eigenvalue weighted by atomic mass is 19.1. The van der Waals surface area contributed by atoms with E-state index < -0.39 is 17.7 Å². The van der Waals surface area contributed by atoms with Crippen LogP contribution in [0.4, 0.5) is 15.0 Å². The zero-order valence-electron chi connectivity index (χ0n) is 18.4. The van der Waals surface area contributed by atoms with Crippen molar-refractivity contribution in [3.05, 3.63) is 46.9 Å². The van der Waals surface area contributed by atoms with Crippen LogP contribution in [0.15, 0.2) is 24.5 Å². The van der Waals surface area contributed by atoms with Crippen molar-refractivity contribution >= 4 is 17.8 Å². The summed E-state index contributed by atoms with van der Waals surface area (Å²) >= 11 is 0. The van der Waals surface area contributed by atoms with Crippen LogP contribution in [0.5, 0.6) is 5.75 Å². The van der Waals surface area contributed by atoms with Crippen molar-refractivity contribution in [1.29, 1.82) is 5.26 Å². The van der Waals surface area contributed by atoms with E-state index in [2.05, 4.69) is 9.97 Å². The number of rotatable bonds is 2. The molecular formula is C23H23FN6O4. The first kappa shape index (κ1) is 21.9. The number of fused-ring (bicyclic) bond motifs is 2. The molecular weight excluding hydrogens is 443 g/mol. The molecule has 0 spiro atoms. The molecule has 0 aromatic carbocycles. The number of amides is 2. The van der Waals surface area contributed by atoms with Gasteiger partial charge in [0.2, 0.25) is 0 Å². The summed E-state index contributed by atoms with van der Waals surface area (Å²) in [7, 11) is 0. The van der Waals surface area contributed by atoms with E-state index in [0.717, 1.165) is 5.56 Å². The molecule has 1 saturated heterocycles. The molecule has 2 aromatic heterocycles. The number of carbonyl (C=O) groups excluding carboxylic acids is 1. The lowest BCUT2D eigenvalue weighted by molar-refractivity contribution is -0.146. The third-order valence-electron chi connectivity index (χ3n) is 6.64. The first-order valence-electron chi connectivity index (χ1n) is 11.1. The van der Waals surface area contributed by atoms with Crippen molar-refractivity contribution in [3.63, 3.8) is 0 Å². The molecule has 5 rings (SSSR count). The van der Waals surface area contributed by atoms with Gasteiger partial charge in [-0.2, -0.15) is 5.26 Å². The average Bonchev–Trinajstić information content (AvgIpc) is 3.16. The van der Waals surface area contributed by atoms with E-state index in [4.69, 9.17) is 4.74 Å². The van der Waals surface area contributed by atoms with Crippen molar-refractivity contribution in [2.75, 3.05) is 31.1 Å². The Morgan fingerprint density at radius 3 is 2.59 bits per heavy atom. The minimum absolute atomic E-state index is 0.0204. The molecule has 3 aliphatic heterocycles.